The molecule has 0 spiro atoms. The van der Waals surface area contributed by atoms with Crippen molar-refractivity contribution < 1.29 is 21.8 Å². The molecule has 0 radical (unpaired) electrons. The first-order valence-electron chi connectivity index (χ1n) is 8.52. The van der Waals surface area contributed by atoms with Crippen molar-refractivity contribution in [3.63, 3.8) is 0 Å². The topological polar surface area (TPSA) is 127 Å². The highest BCUT2D eigenvalue weighted by atomic mass is 32.2. The standard InChI is InChI=1S/C19H17N3O6S2/c1-21(16-5-3-2-4-6-16)30(27,28)19-11-7-15(8-12-19)20-29(25,26)18-13-9-17(10-14-18)22(23)24/h2-14,20H,1H3. The van der Waals surface area contributed by atoms with Crippen molar-refractivity contribution in [3.05, 3.63) is 89.0 Å². The molecule has 0 bridgehead atoms. The molecule has 11 heteroatoms. The Labute approximate surface area is 173 Å². The monoisotopic (exact) mass is 447 g/mol. The molecule has 0 saturated carbocycles. The average Bonchev–Trinajstić information content (AvgIpc) is 2.74. The number of nitro benzene ring substituents is 1. The van der Waals surface area contributed by atoms with Crippen molar-refractivity contribution in [2.24, 2.45) is 0 Å². The van der Waals surface area contributed by atoms with Crippen molar-refractivity contribution in [2.75, 3.05) is 16.1 Å². The Balaban J connectivity index is 1.80. The van der Waals surface area contributed by atoms with E-state index >= 15 is 0 Å². The quantitative estimate of drug-likeness (QED) is 0.438. The summed E-state index contributed by atoms with van der Waals surface area (Å²) in [5, 5.41) is 10.7. The minimum Gasteiger partial charge on any atom is -0.280 e. The van der Waals surface area contributed by atoms with Crippen molar-refractivity contribution in [1.29, 1.82) is 0 Å². The van der Waals surface area contributed by atoms with Gasteiger partial charge < -0.3 is 0 Å². The van der Waals surface area contributed by atoms with Crippen molar-refractivity contribution in [2.45, 2.75) is 9.79 Å². The number of nitro groups is 1. The summed E-state index contributed by atoms with van der Waals surface area (Å²) in [4.78, 5) is 9.90. The van der Waals surface area contributed by atoms with Crippen LogP contribution in [0.25, 0.3) is 0 Å². The van der Waals surface area contributed by atoms with Crippen LogP contribution in [0.1, 0.15) is 0 Å². The van der Waals surface area contributed by atoms with Crippen LogP contribution in [0.4, 0.5) is 17.1 Å². The number of anilines is 2. The summed E-state index contributed by atoms with van der Waals surface area (Å²) in [6.45, 7) is 0. The van der Waals surface area contributed by atoms with E-state index in [2.05, 4.69) is 4.72 Å². The van der Waals surface area contributed by atoms with Gasteiger partial charge in [-0.3, -0.25) is 19.1 Å². The van der Waals surface area contributed by atoms with Gasteiger partial charge in [0.05, 0.1) is 20.4 Å². The van der Waals surface area contributed by atoms with Crippen LogP contribution >= 0.6 is 0 Å². The van der Waals surface area contributed by atoms with Crippen LogP contribution in [-0.2, 0) is 20.0 Å². The molecule has 3 rings (SSSR count). The number of nitrogens with zero attached hydrogens (tertiary/aromatic N) is 2. The lowest BCUT2D eigenvalue weighted by Crippen LogP contribution is -2.26. The molecule has 0 aliphatic rings. The maximum atomic E-state index is 12.8. The molecule has 0 unspecified atom stereocenters. The number of benzene rings is 3. The molecule has 30 heavy (non-hydrogen) atoms. The van der Waals surface area contributed by atoms with E-state index in [9.17, 15) is 26.9 Å². The third kappa shape index (κ3) is 4.42. The molecule has 3 aromatic rings. The summed E-state index contributed by atoms with van der Waals surface area (Å²) >= 11 is 0. The second kappa shape index (κ2) is 8.13. The molecule has 3 aromatic carbocycles. The third-order valence-electron chi connectivity index (χ3n) is 4.24. The Kier molecular flexibility index (Phi) is 5.76. The van der Waals surface area contributed by atoms with E-state index < -0.39 is 25.0 Å². The van der Waals surface area contributed by atoms with Crippen LogP contribution in [0.2, 0.25) is 0 Å². The summed E-state index contributed by atoms with van der Waals surface area (Å²) in [6, 6.07) is 18.2. The van der Waals surface area contributed by atoms with Gasteiger partial charge in [-0.25, -0.2) is 16.8 Å². The van der Waals surface area contributed by atoms with E-state index in [0.29, 0.717) is 5.69 Å². The van der Waals surface area contributed by atoms with Gasteiger partial charge in [0.1, 0.15) is 0 Å². The summed E-state index contributed by atoms with van der Waals surface area (Å²) in [5.41, 5.74) is 0.404. The molecule has 0 saturated heterocycles. The van der Waals surface area contributed by atoms with Crippen LogP contribution in [0, 0.1) is 10.1 Å². The Hall–Kier alpha value is -3.44. The van der Waals surface area contributed by atoms with Gasteiger partial charge >= 0.3 is 0 Å². The van der Waals surface area contributed by atoms with Crippen LogP contribution in [-0.4, -0.2) is 28.8 Å². The second-order valence-corrected chi connectivity index (χ2v) is 9.84. The van der Waals surface area contributed by atoms with E-state index in [-0.39, 0.29) is 21.2 Å². The molecule has 0 heterocycles. The van der Waals surface area contributed by atoms with Gasteiger partial charge in [0.25, 0.3) is 25.7 Å². The van der Waals surface area contributed by atoms with Crippen LogP contribution < -0.4 is 9.03 Å². The molecule has 9 nitrogen and oxygen atoms in total. The number of rotatable bonds is 7. The highest BCUT2D eigenvalue weighted by Gasteiger charge is 2.22. The maximum absolute atomic E-state index is 12.8. The molecular formula is C19H17N3O6S2. The fraction of sp³-hybridized carbons (Fsp3) is 0.0526. The van der Waals surface area contributed by atoms with Crippen LogP contribution in [0.5, 0.6) is 0 Å². The molecular weight excluding hydrogens is 430 g/mol. The smallest absolute Gasteiger partial charge is 0.269 e. The molecule has 1 N–H and O–H groups in total. The lowest BCUT2D eigenvalue weighted by molar-refractivity contribution is -0.384. The van der Waals surface area contributed by atoms with Gasteiger partial charge in [-0.15, -0.1) is 0 Å². The van der Waals surface area contributed by atoms with E-state index in [1.807, 2.05) is 0 Å². The summed E-state index contributed by atoms with van der Waals surface area (Å²) in [5.74, 6) is 0. The zero-order chi connectivity index (χ0) is 21.9. The van der Waals surface area contributed by atoms with Gasteiger partial charge in [-0.2, -0.15) is 0 Å². The van der Waals surface area contributed by atoms with Crippen LogP contribution in [0.3, 0.4) is 0 Å². The second-order valence-electron chi connectivity index (χ2n) is 6.19. The Morgan fingerprint density at radius 2 is 1.33 bits per heavy atom. The first-order valence-corrected chi connectivity index (χ1v) is 11.4. The van der Waals surface area contributed by atoms with E-state index in [1.165, 1.54) is 31.3 Å². The predicted molar refractivity (Wildman–Crippen MR) is 112 cm³/mol. The minimum atomic E-state index is -4.00. The van der Waals surface area contributed by atoms with Crippen molar-refractivity contribution in [1.82, 2.24) is 0 Å². The molecule has 0 aliphatic carbocycles. The first kappa shape index (κ1) is 21.3. The number of hydrogen-bond acceptors (Lipinski definition) is 6. The minimum absolute atomic E-state index is 0.00728. The molecule has 0 aromatic heterocycles. The van der Waals surface area contributed by atoms with E-state index in [0.717, 1.165) is 28.6 Å². The molecule has 0 atom stereocenters. The third-order valence-corrected chi connectivity index (χ3v) is 7.44. The zero-order valence-electron chi connectivity index (χ0n) is 15.7. The number of nitrogens with one attached hydrogen (secondary N) is 1. The molecule has 0 aliphatic heterocycles. The number of para-hydroxylation sites is 1. The zero-order valence-corrected chi connectivity index (χ0v) is 17.3. The highest BCUT2D eigenvalue weighted by molar-refractivity contribution is 7.93. The Morgan fingerprint density at radius 1 is 0.800 bits per heavy atom. The lowest BCUT2D eigenvalue weighted by Gasteiger charge is -2.19. The van der Waals surface area contributed by atoms with Gasteiger partial charge in [0.15, 0.2) is 0 Å². The normalized spacial score (nSPS) is 11.6. The summed E-state index contributed by atoms with van der Waals surface area (Å²) < 4.78 is 53.9. The SMILES string of the molecule is CN(c1ccccc1)S(=O)(=O)c1ccc(NS(=O)(=O)c2ccc([N+](=O)[O-])cc2)cc1. The lowest BCUT2D eigenvalue weighted by atomic mass is 10.3. The Morgan fingerprint density at radius 3 is 1.87 bits per heavy atom. The fourth-order valence-electron chi connectivity index (χ4n) is 2.59. The first-order chi connectivity index (χ1) is 14.1. The fourth-order valence-corrected chi connectivity index (χ4v) is 4.84. The predicted octanol–water partition coefficient (Wildman–Crippen LogP) is 3.22. The van der Waals surface area contributed by atoms with Crippen molar-refractivity contribution >= 4 is 37.1 Å². The molecule has 156 valence electrons. The van der Waals surface area contributed by atoms with Gasteiger partial charge in [-0.1, -0.05) is 18.2 Å². The Bertz CT molecular complexity index is 1260. The summed E-state index contributed by atoms with van der Waals surface area (Å²) in [7, 11) is -6.39. The number of hydrogen-bond donors (Lipinski definition) is 1. The van der Waals surface area contributed by atoms with Crippen molar-refractivity contribution in [3.8, 4) is 0 Å². The van der Waals surface area contributed by atoms with Gasteiger partial charge in [-0.05, 0) is 48.5 Å². The highest BCUT2D eigenvalue weighted by Crippen LogP contribution is 2.24. The van der Waals surface area contributed by atoms with E-state index in [1.54, 1.807) is 30.3 Å². The van der Waals surface area contributed by atoms with Crippen LogP contribution in [0.15, 0.2) is 88.7 Å². The maximum Gasteiger partial charge on any atom is 0.269 e. The molecule has 0 fully saturated rings. The van der Waals surface area contributed by atoms with E-state index in [4.69, 9.17) is 0 Å². The number of sulfonamides is 2. The number of non-ortho nitro benzene ring substituents is 1. The van der Waals surface area contributed by atoms with Gasteiger partial charge in [0.2, 0.25) is 0 Å². The largest absolute Gasteiger partial charge is 0.280 e. The molecule has 0 amide bonds. The average molecular weight is 447 g/mol. The summed E-state index contributed by atoms with van der Waals surface area (Å²) in [6.07, 6.45) is 0. The van der Waals surface area contributed by atoms with Gasteiger partial charge in [0, 0.05) is 24.9 Å².